The van der Waals surface area contributed by atoms with Gasteiger partial charge in [0.15, 0.2) is 11.6 Å². The maximum Gasteiger partial charge on any atom is 0.161 e. The van der Waals surface area contributed by atoms with Gasteiger partial charge in [0.05, 0.1) is 17.4 Å². The molecule has 0 atom stereocenters. The van der Waals surface area contributed by atoms with E-state index in [-0.39, 0.29) is 6.61 Å². The molecule has 1 heterocycles. The van der Waals surface area contributed by atoms with E-state index in [1.807, 2.05) is 0 Å². The van der Waals surface area contributed by atoms with Crippen molar-refractivity contribution in [3.05, 3.63) is 30.1 Å². The predicted molar refractivity (Wildman–Crippen MR) is 51.4 cm³/mol. The fourth-order valence-electron chi connectivity index (χ4n) is 1.47. The molecule has 0 saturated heterocycles. The van der Waals surface area contributed by atoms with Crippen molar-refractivity contribution < 1.29 is 13.9 Å². The molecule has 1 aromatic heterocycles. The largest absolute Gasteiger partial charge is 0.396 e. The number of hydrogen-bond acceptors (Lipinski definition) is 2. The van der Waals surface area contributed by atoms with Gasteiger partial charge >= 0.3 is 0 Å². The first kappa shape index (κ1) is 10.0. The average molecular weight is 212 g/mol. The molecule has 80 valence electrons. The van der Waals surface area contributed by atoms with Crippen LogP contribution in [0.15, 0.2) is 18.5 Å². The Morgan fingerprint density at radius 3 is 2.73 bits per heavy atom. The highest BCUT2D eigenvalue weighted by atomic mass is 19.2. The van der Waals surface area contributed by atoms with Gasteiger partial charge < -0.3 is 9.67 Å². The standard InChI is InChI=1S/C10H10F2N2O/c11-7-4-9-10(5-8(7)12)14(6-13-9)2-1-3-15/h4-6,15H,1-3H2. The van der Waals surface area contributed by atoms with Crippen molar-refractivity contribution in [2.45, 2.75) is 13.0 Å². The van der Waals surface area contributed by atoms with Crippen LogP contribution < -0.4 is 0 Å². The van der Waals surface area contributed by atoms with E-state index in [0.717, 1.165) is 12.1 Å². The summed E-state index contributed by atoms with van der Waals surface area (Å²) in [6.45, 7) is 0.599. The van der Waals surface area contributed by atoms with Crippen molar-refractivity contribution in [1.82, 2.24) is 9.55 Å². The van der Waals surface area contributed by atoms with Gasteiger partial charge in [0.1, 0.15) is 0 Å². The molecular formula is C10H10F2N2O. The van der Waals surface area contributed by atoms with E-state index in [1.165, 1.54) is 6.33 Å². The molecule has 0 amide bonds. The Morgan fingerprint density at radius 1 is 1.27 bits per heavy atom. The van der Waals surface area contributed by atoms with Crippen LogP contribution in [-0.4, -0.2) is 21.3 Å². The smallest absolute Gasteiger partial charge is 0.161 e. The molecule has 0 spiro atoms. The molecule has 0 fully saturated rings. The van der Waals surface area contributed by atoms with Crippen LogP contribution in [0.3, 0.4) is 0 Å². The van der Waals surface area contributed by atoms with Crippen LogP contribution in [0.4, 0.5) is 8.78 Å². The van der Waals surface area contributed by atoms with Crippen molar-refractivity contribution in [2.75, 3.05) is 6.61 Å². The number of nitrogens with zero attached hydrogens (tertiary/aromatic N) is 2. The lowest BCUT2D eigenvalue weighted by Crippen LogP contribution is -1.98. The molecule has 1 aromatic carbocycles. The fourth-order valence-corrected chi connectivity index (χ4v) is 1.47. The molecular weight excluding hydrogens is 202 g/mol. The quantitative estimate of drug-likeness (QED) is 0.840. The summed E-state index contributed by atoms with van der Waals surface area (Å²) in [6, 6.07) is 2.19. The summed E-state index contributed by atoms with van der Waals surface area (Å²) in [5, 5.41) is 8.67. The van der Waals surface area contributed by atoms with Gasteiger partial charge in [-0.05, 0) is 6.42 Å². The third-order valence-corrected chi connectivity index (χ3v) is 2.22. The average Bonchev–Trinajstić information content (AvgIpc) is 2.59. The van der Waals surface area contributed by atoms with Crippen molar-refractivity contribution in [1.29, 1.82) is 0 Å². The van der Waals surface area contributed by atoms with Gasteiger partial charge in [-0.1, -0.05) is 0 Å². The number of fused-ring (bicyclic) bond motifs is 1. The van der Waals surface area contributed by atoms with Gasteiger partial charge in [-0.2, -0.15) is 0 Å². The summed E-state index contributed by atoms with van der Waals surface area (Å²) in [5.74, 6) is -1.77. The Kier molecular flexibility index (Phi) is 2.64. The second kappa shape index (κ2) is 3.94. The lowest BCUT2D eigenvalue weighted by Gasteiger charge is -2.02. The van der Waals surface area contributed by atoms with Crippen molar-refractivity contribution in [2.24, 2.45) is 0 Å². The number of imidazole rings is 1. The van der Waals surface area contributed by atoms with Crippen LogP contribution in [0.5, 0.6) is 0 Å². The van der Waals surface area contributed by atoms with Crippen molar-refractivity contribution >= 4 is 11.0 Å². The van der Waals surface area contributed by atoms with Gasteiger partial charge in [-0.3, -0.25) is 0 Å². The molecule has 3 nitrogen and oxygen atoms in total. The lowest BCUT2D eigenvalue weighted by molar-refractivity contribution is 0.280. The molecule has 5 heteroatoms. The number of halogens is 2. The van der Waals surface area contributed by atoms with Crippen LogP contribution in [0, 0.1) is 11.6 Å². The lowest BCUT2D eigenvalue weighted by atomic mass is 10.3. The summed E-state index contributed by atoms with van der Waals surface area (Å²) >= 11 is 0. The summed E-state index contributed by atoms with van der Waals surface area (Å²) in [5.41, 5.74) is 0.967. The second-order valence-electron chi connectivity index (χ2n) is 3.27. The van der Waals surface area contributed by atoms with E-state index < -0.39 is 11.6 Å². The Hall–Kier alpha value is -1.49. The van der Waals surface area contributed by atoms with Gasteiger partial charge in [0, 0.05) is 25.3 Å². The molecule has 0 aliphatic rings. The summed E-state index contributed by atoms with van der Waals surface area (Å²) in [4.78, 5) is 3.95. The highest BCUT2D eigenvalue weighted by Crippen LogP contribution is 2.17. The van der Waals surface area contributed by atoms with E-state index in [1.54, 1.807) is 4.57 Å². The number of hydrogen-bond donors (Lipinski definition) is 1. The fraction of sp³-hybridized carbons (Fsp3) is 0.300. The molecule has 0 aliphatic carbocycles. The van der Waals surface area contributed by atoms with E-state index in [9.17, 15) is 8.78 Å². The number of aliphatic hydroxyl groups is 1. The maximum absolute atomic E-state index is 13.0. The van der Waals surface area contributed by atoms with Gasteiger partial charge in [-0.25, -0.2) is 13.8 Å². The predicted octanol–water partition coefficient (Wildman–Crippen LogP) is 1.70. The first-order valence-corrected chi connectivity index (χ1v) is 4.63. The van der Waals surface area contributed by atoms with Crippen LogP contribution in [-0.2, 0) is 6.54 Å². The van der Waals surface area contributed by atoms with Gasteiger partial charge in [-0.15, -0.1) is 0 Å². The molecule has 0 aliphatic heterocycles. The van der Waals surface area contributed by atoms with E-state index >= 15 is 0 Å². The topological polar surface area (TPSA) is 38.0 Å². The third-order valence-electron chi connectivity index (χ3n) is 2.22. The van der Waals surface area contributed by atoms with Crippen LogP contribution in [0.2, 0.25) is 0 Å². The molecule has 0 unspecified atom stereocenters. The summed E-state index contributed by atoms with van der Waals surface area (Å²) < 4.78 is 27.5. The van der Waals surface area contributed by atoms with Gasteiger partial charge in [0.25, 0.3) is 0 Å². The zero-order valence-electron chi connectivity index (χ0n) is 7.95. The normalized spacial score (nSPS) is 11.1. The second-order valence-corrected chi connectivity index (χ2v) is 3.27. The molecule has 2 aromatic rings. The monoisotopic (exact) mass is 212 g/mol. The minimum absolute atomic E-state index is 0.0589. The first-order valence-electron chi connectivity index (χ1n) is 4.63. The number of aliphatic hydroxyl groups excluding tert-OH is 1. The Labute approximate surface area is 85.0 Å². The number of aromatic nitrogens is 2. The molecule has 2 rings (SSSR count). The first-order chi connectivity index (χ1) is 7.22. The van der Waals surface area contributed by atoms with Gasteiger partial charge in [0.2, 0.25) is 0 Å². The van der Waals surface area contributed by atoms with Crippen LogP contribution >= 0.6 is 0 Å². The molecule has 0 bridgehead atoms. The number of rotatable bonds is 3. The molecule has 0 radical (unpaired) electrons. The van der Waals surface area contributed by atoms with E-state index in [0.29, 0.717) is 24.0 Å². The number of benzene rings is 1. The van der Waals surface area contributed by atoms with Crippen molar-refractivity contribution in [3.8, 4) is 0 Å². The summed E-state index contributed by atoms with van der Waals surface area (Å²) in [6.07, 6.45) is 2.07. The minimum atomic E-state index is -0.894. The highest BCUT2D eigenvalue weighted by Gasteiger charge is 2.08. The molecule has 15 heavy (non-hydrogen) atoms. The molecule has 0 saturated carbocycles. The van der Waals surface area contributed by atoms with E-state index in [4.69, 9.17) is 5.11 Å². The maximum atomic E-state index is 13.0. The Bertz CT molecular complexity index is 481. The molecule has 1 N–H and O–H groups in total. The van der Waals surface area contributed by atoms with Crippen LogP contribution in [0.25, 0.3) is 11.0 Å². The van der Waals surface area contributed by atoms with Crippen molar-refractivity contribution in [3.63, 3.8) is 0 Å². The highest BCUT2D eigenvalue weighted by molar-refractivity contribution is 5.75. The van der Waals surface area contributed by atoms with Crippen LogP contribution in [0.1, 0.15) is 6.42 Å². The van der Waals surface area contributed by atoms with E-state index in [2.05, 4.69) is 4.98 Å². The number of aryl methyl sites for hydroxylation is 1. The Balaban J connectivity index is 2.45. The third kappa shape index (κ3) is 1.83. The summed E-state index contributed by atoms with van der Waals surface area (Å²) in [7, 11) is 0. The zero-order valence-corrected chi connectivity index (χ0v) is 7.95. The zero-order chi connectivity index (χ0) is 10.8. The Morgan fingerprint density at radius 2 is 2.00 bits per heavy atom. The minimum Gasteiger partial charge on any atom is -0.396 e. The SMILES string of the molecule is OCCCn1cnc2cc(F)c(F)cc21.